The monoisotopic (exact) mass is 541 g/mol. The maximum absolute atomic E-state index is 13.2. The quantitative estimate of drug-likeness (QED) is 0.191. The molecular weight excluding hydrogens is 508 g/mol. The Hall–Kier alpha value is -2.81. The average Bonchev–Trinajstić information content (AvgIpc) is 2.84. The first-order chi connectivity index (χ1) is 17.8. The molecule has 0 aromatic heterocycles. The van der Waals surface area contributed by atoms with Crippen molar-refractivity contribution in [2.24, 2.45) is 5.92 Å². The van der Waals surface area contributed by atoms with E-state index in [0.717, 1.165) is 36.3 Å². The summed E-state index contributed by atoms with van der Waals surface area (Å²) in [5.74, 6) is -0.123. The highest BCUT2D eigenvalue weighted by Gasteiger charge is 2.35. The predicted octanol–water partition coefficient (Wildman–Crippen LogP) is 8.53. The largest absolute Gasteiger partial charge is 0.463 e. The normalized spacial score (nSPS) is 19.1. The number of halogens is 6. The number of carbonyl (C=O) groups is 1. The van der Waals surface area contributed by atoms with Crippen molar-refractivity contribution in [3.05, 3.63) is 82.4 Å². The van der Waals surface area contributed by atoms with E-state index in [1.807, 2.05) is 0 Å². The number of nitrogens with zero attached hydrogens (tertiary/aromatic N) is 1. The summed E-state index contributed by atoms with van der Waals surface area (Å²) in [6.45, 7) is 6.54. The Bertz CT molecular complexity index is 1090. The third-order valence-corrected chi connectivity index (χ3v) is 6.82. The van der Waals surface area contributed by atoms with Gasteiger partial charge >= 0.3 is 18.3 Å². The molecule has 2 aromatic carbocycles. The molecule has 1 fully saturated rings. The second-order valence-electron chi connectivity index (χ2n) is 9.99. The van der Waals surface area contributed by atoms with Crippen molar-refractivity contribution < 1.29 is 35.9 Å². The lowest BCUT2D eigenvalue weighted by Crippen LogP contribution is -2.38. The minimum Gasteiger partial charge on any atom is -0.463 e. The number of esters is 1. The second-order valence-corrected chi connectivity index (χ2v) is 9.99. The van der Waals surface area contributed by atoms with Crippen molar-refractivity contribution in [1.82, 2.24) is 4.90 Å². The molecule has 38 heavy (non-hydrogen) atoms. The van der Waals surface area contributed by atoms with E-state index in [9.17, 15) is 31.1 Å². The molecule has 1 saturated heterocycles. The van der Waals surface area contributed by atoms with Gasteiger partial charge in [0.25, 0.3) is 0 Å². The van der Waals surface area contributed by atoms with Crippen LogP contribution in [0.2, 0.25) is 0 Å². The summed E-state index contributed by atoms with van der Waals surface area (Å²) in [6, 6.07) is 9.46. The van der Waals surface area contributed by atoms with E-state index in [1.54, 1.807) is 6.92 Å². The van der Waals surface area contributed by atoms with Gasteiger partial charge in [-0.05, 0) is 73.9 Å². The van der Waals surface area contributed by atoms with E-state index in [4.69, 9.17) is 4.74 Å². The zero-order valence-electron chi connectivity index (χ0n) is 21.7. The highest BCUT2D eigenvalue weighted by atomic mass is 19.4. The van der Waals surface area contributed by atoms with Gasteiger partial charge in [-0.2, -0.15) is 26.3 Å². The van der Waals surface area contributed by atoms with Crippen molar-refractivity contribution in [2.75, 3.05) is 13.2 Å². The third kappa shape index (κ3) is 7.85. The molecule has 3 rings (SSSR count). The smallest absolute Gasteiger partial charge is 0.416 e. The molecule has 2 aromatic rings. The summed E-state index contributed by atoms with van der Waals surface area (Å²) < 4.78 is 84.3. The lowest BCUT2D eigenvalue weighted by Gasteiger charge is -2.43. The number of hydrogen-bond acceptors (Lipinski definition) is 3. The van der Waals surface area contributed by atoms with E-state index >= 15 is 0 Å². The van der Waals surface area contributed by atoms with E-state index in [-0.39, 0.29) is 18.7 Å². The van der Waals surface area contributed by atoms with E-state index in [2.05, 4.69) is 18.7 Å². The summed E-state index contributed by atoms with van der Waals surface area (Å²) in [7, 11) is 0. The van der Waals surface area contributed by atoms with Crippen LogP contribution in [0.25, 0.3) is 0 Å². The number of alkyl halides is 6. The number of ether oxygens (including phenoxy) is 1. The number of carbonyl (C=O) groups excluding carboxylic acids is 1. The van der Waals surface area contributed by atoms with Gasteiger partial charge in [-0.15, -0.1) is 0 Å². The molecule has 0 amide bonds. The van der Waals surface area contributed by atoms with Crippen molar-refractivity contribution in [1.29, 1.82) is 0 Å². The number of rotatable bonds is 8. The molecule has 1 aliphatic rings. The first kappa shape index (κ1) is 29.7. The maximum Gasteiger partial charge on any atom is 0.416 e. The number of benzene rings is 2. The standard InChI is InChI=1S/C29H33F6NO2/c1-4-38-27(37)18-20-15-16-36(26(17-20)22-8-12-24(13-9-22)29(33,34)35)25(14-5-19(2)3)21-6-10-23(11-7-21)28(30,31)32/h6-13,18-19,25-26H,4-5,14-17H2,1-3H3/b20-18-/t25-,26-/m1/s1. The topological polar surface area (TPSA) is 29.5 Å². The van der Waals surface area contributed by atoms with Crippen LogP contribution in [0.3, 0.4) is 0 Å². The molecule has 0 spiro atoms. The van der Waals surface area contributed by atoms with Gasteiger partial charge < -0.3 is 4.74 Å². The Morgan fingerprint density at radius 3 is 2.00 bits per heavy atom. The average molecular weight is 542 g/mol. The maximum atomic E-state index is 13.2. The lowest BCUT2D eigenvalue weighted by molar-refractivity contribution is -0.138. The fourth-order valence-corrected chi connectivity index (χ4v) is 4.86. The molecule has 208 valence electrons. The highest BCUT2D eigenvalue weighted by molar-refractivity contribution is 5.82. The molecule has 0 aliphatic carbocycles. The Labute approximate surface area is 219 Å². The Kier molecular flexibility index (Phi) is 9.68. The summed E-state index contributed by atoms with van der Waals surface area (Å²) in [4.78, 5) is 14.3. The number of hydrogen-bond donors (Lipinski definition) is 0. The van der Waals surface area contributed by atoms with Gasteiger partial charge in [-0.1, -0.05) is 43.7 Å². The van der Waals surface area contributed by atoms with Crippen LogP contribution < -0.4 is 0 Å². The first-order valence-electron chi connectivity index (χ1n) is 12.8. The molecule has 0 radical (unpaired) electrons. The van der Waals surface area contributed by atoms with E-state index < -0.39 is 29.4 Å². The van der Waals surface area contributed by atoms with Crippen LogP contribution in [0.15, 0.2) is 60.2 Å². The van der Waals surface area contributed by atoms with Crippen molar-refractivity contribution in [3.63, 3.8) is 0 Å². The summed E-state index contributed by atoms with van der Waals surface area (Å²) >= 11 is 0. The molecule has 1 aliphatic heterocycles. The Morgan fingerprint density at radius 2 is 1.50 bits per heavy atom. The Balaban J connectivity index is 2.02. The molecule has 9 heteroatoms. The van der Waals surface area contributed by atoms with Crippen LogP contribution in [0.1, 0.15) is 80.8 Å². The third-order valence-electron chi connectivity index (χ3n) is 6.82. The van der Waals surface area contributed by atoms with Gasteiger partial charge in [0.15, 0.2) is 0 Å². The van der Waals surface area contributed by atoms with E-state index in [0.29, 0.717) is 42.9 Å². The zero-order valence-corrected chi connectivity index (χ0v) is 21.7. The lowest BCUT2D eigenvalue weighted by atomic mass is 9.86. The molecule has 0 N–H and O–H groups in total. The number of likely N-dealkylation sites (tertiary alicyclic amines) is 1. The van der Waals surface area contributed by atoms with Crippen molar-refractivity contribution >= 4 is 5.97 Å². The second kappa shape index (κ2) is 12.4. The summed E-state index contributed by atoms with van der Waals surface area (Å²) in [5.41, 5.74) is 0.688. The zero-order chi connectivity index (χ0) is 28.1. The van der Waals surface area contributed by atoms with Crippen LogP contribution in [0.5, 0.6) is 0 Å². The SMILES string of the molecule is CCOC(=O)/C=C1/CCN([C@H](CCC(C)C)c2ccc(C(F)(F)F)cc2)[C@@H](c2ccc(C(F)(F)F)cc2)C1. The van der Waals surface area contributed by atoms with Crippen molar-refractivity contribution in [2.45, 2.75) is 70.9 Å². The molecule has 0 saturated carbocycles. The molecular formula is C29H33F6NO2. The van der Waals surface area contributed by atoms with Crippen LogP contribution in [-0.4, -0.2) is 24.0 Å². The van der Waals surface area contributed by atoms with Gasteiger partial charge in [0, 0.05) is 24.7 Å². The number of piperidine rings is 1. The van der Waals surface area contributed by atoms with Crippen molar-refractivity contribution in [3.8, 4) is 0 Å². The van der Waals surface area contributed by atoms with Crippen LogP contribution >= 0.6 is 0 Å². The fraction of sp³-hybridized carbons (Fsp3) is 0.483. The predicted molar refractivity (Wildman–Crippen MR) is 133 cm³/mol. The molecule has 3 nitrogen and oxygen atoms in total. The van der Waals surface area contributed by atoms with Gasteiger partial charge in [0.1, 0.15) is 0 Å². The Morgan fingerprint density at radius 1 is 0.947 bits per heavy atom. The minimum atomic E-state index is -4.47. The summed E-state index contributed by atoms with van der Waals surface area (Å²) in [6.07, 6.45) is -5.08. The molecule has 0 unspecified atom stereocenters. The van der Waals surface area contributed by atoms with Crippen LogP contribution in [0, 0.1) is 5.92 Å². The van der Waals surface area contributed by atoms with Gasteiger partial charge in [0.2, 0.25) is 0 Å². The fourth-order valence-electron chi connectivity index (χ4n) is 4.86. The molecule has 1 heterocycles. The van der Waals surface area contributed by atoms with E-state index in [1.165, 1.54) is 30.3 Å². The van der Waals surface area contributed by atoms with Crippen LogP contribution in [-0.2, 0) is 21.9 Å². The summed E-state index contributed by atoms with van der Waals surface area (Å²) in [5, 5.41) is 0. The highest BCUT2D eigenvalue weighted by Crippen LogP contribution is 2.43. The van der Waals surface area contributed by atoms with Crippen LogP contribution in [0.4, 0.5) is 26.3 Å². The van der Waals surface area contributed by atoms with Gasteiger partial charge in [-0.25, -0.2) is 4.79 Å². The first-order valence-corrected chi connectivity index (χ1v) is 12.8. The molecule has 2 atom stereocenters. The van der Waals surface area contributed by atoms with Gasteiger partial charge in [-0.3, -0.25) is 4.90 Å². The molecule has 0 bridgehead atoms. The van der Waals surface area contributed by atoms with Gasteiger partial charge in [0.05, 0.1) is 17.7 Å². The minimum absolute atomic E-state index is 0.224.